The minimum Gasteiger partial charge on any atom is -0.399 e. The van der Waals surface area contributed by atoms with E-state index in [0.717, 1.165) is 6.07 Å². The quantitative estimate of drug-likeness (QED) is 0.792. The summed E-state index contributed by atoms with van der Waals surface area (Å²) < 4.78 is 39.5. The Morgan fingerprint density at radius 3 is 2.44 bits per heavy atom. The molecular formula is C10H15FN2O2S. The van der Waals surface area contributed by atoms with Crippen molar-refractivity contribution in [2.45, 2.75) is 31.7 Å². The van der Waals surface area contributed by atoms with E-state index in [1.807, 2.05) is 0 Å². The molecule has 0 unspecified atom stereocenters. The lowest BCUT2D eigenvalue weighted by atomic mass is 10.2. The second-order valence-corrected chi connectivity index (χ2v) is 5.61. The molecule has 0 aliphatic carbocycles. The number of nitrogens with two attached hydrogens (primary N) is 1. The van der Waals surface area contributed by atoms with Crippen LogP contribution in [0.1, 0.15) is 19.4 Å². The van der Waals surface area contributed by atoms with Crippen molar-refractivity contribution in [3.05, 3.63) is 23.5 Å². The van der Waals surface area contributed by atoms with Gasteiger partial charge in [-0.25, -0.2) is 17.5 Å². The summed E-state index contributed by atoms with van der Waals surface area (Å²) in [6.07, 6.45) is 0. The van der Waals surface area contributed by atoms with Crippen LogP contribution in [0.5, 0.6) is 0 Å². The summed E-state index contributed by atoms with van der Waals surface area (Å²) >= 11 is 0. The largest absolute Gasteiger partial charge is 0.399 e. The highest BCUT2D eigenvalue weighted by molar-refractivity contribution is 7.89. The van der Waals surface area contributed by atoms with Crippen molar-refractivity contribution in [3.63, 3.8) is 0 Å². The Hall–Kier alpha value is -1.14. The number of sulfonamides is 1. The second kappa shape index (κ2) is 4.39. The average molecular weight is 246 g/mol. The molecule has 0 saturated heterocycles. The van der Waals surface area contributed by atoms with Gasteiger partial charge >= 0.3 is 0 Å². The molecule has 1 rings (SSSR count). The van der Waals surface area contributed by atoms with Gasteiger partial charge in [-0.05, 0) is 38.5 Å². The Kier molecular flexibility index (Phi) is 3.54. The monoisotopic (exact) mass is 246 g/mol. The Balaban J connectivity index is 3.33. The molecule has 0 radical (unpaired) electrons. The number of hydrogen-bond donors (Lipinski definition) is 2. The molecule has 0 fully saturated rings. The third-order valence-corrected chi connectivity index (χ3v) is 3.58. The highest BCUT2D eigenvalue weighted by Crippen LogP contribution is 2.21. The van der Waals surface area contributed by atoms with Gasteiger partial charge in [-0.3, -0.25) is 0 Å². The molecule has 1 aromatic carbocycles. The third-order valence-electron chi connectivity index (χ3n) is 1.92. The first-order chi connectivity index (χ1) is 7.24. The van der Waals surface area contributed by atoms with Crippen molar-refractivity contribution in [2.75, 3.05) is 5.73 Å². The molecule has 1 aromatic rings. The van der Waals surface area contributed by atoms with Crippen LogP contribution in [0.15, 0.2) is 17.0 Å². The van der Waals surface area contributed by atoms with Crippen molar-refractivity contribution in [1.29, 1.82) is 0 Å². The van der Waals surface area contributed by atoms with Crippen LogP contribution in [0.25, 0.3) is 0 Å². The first kappa shape index (κ1) is 12.9. The van der Waals surface area contributed by atoms with Crippen LogP contribution >= 0.6 is 0 Å². The maximum Gasteiger partial charge on any atom is 0.243 e. The van der Waals surface area contributed by atoms with Gasteiger partial charge in [0.25, 0.3) is 0 Å². The van der Waals surface area contributed by atoms with Crippen molar-refractivity contribution < 1.29 is 12.8 Å². The van der Waals surface area contributed by atoms with E-state index in [-0.39, 0.29) is 17.3 Å². The molecule has 3 N–H and O–H groups in total. The van der Waals surface area contributed by atoms with Crippen molar-refractivity contribution >= 4 is 15.7 Å². The number of rotatable bonds is 3. The molecule has 6 heteroatoms. The van der Waals surface area contributed by atoms with Crippen LogP contribution < -0.4 is 10.5 Å². The first-order valence-corrected chi connectivity index (χ1v) is 6.30. The van der Waals surface area contributed by atoms with Gasteiger partial charge in [-0.2, -0.15) is 0 Å². The lowest BCUT2D eigenvalue weighted by Gasteiger charge is -2.12. The first-order valence-electron chi connectivity index (χ1n) is 4.82. The third kappa shape index (κ3) is 2.70. The van der Waals surface area contributed by atoms with Crippen LogP contribution in [0.3, 0.4) is 0 Å². The van der Waals surface area contributed by atoms with E-state index in [1.54, 1.807) is 13.8 Å². The Morgan fingerprint density at radius 2 is 1.94 bits per heavy atom. The van der Waals surface area contributed by atoms with Gasteiger partial charge in [0, 0.05) is 11.7 Å². The van der Waals surface area contributed by atoms with Gasteiger partial charge in [0.05, 0.1) is 0 Å². The Bertz CT molecular complexity index is 498. The molecule has 0 heterocycles. The zero-order chi connectivity index (χ0) is 12.5. The number of nitrogen functional groups attached to an aromatic ring is 1. The number of halogens is 1. The van der Waals surface area contributed by atoms with E-state index < -0.39 is 20.7 Å². The van der Waals surface area contributed by atoms with Gasteiger partial charge in [-0.15, -0.1) is 0 Å². The van der Waals surface area contributed by atoms with Crippen LogP contribution in [0.4, 0.5) is 10.1 Å². The number of nitrogens with one attached hydrogen (secondary N) is 1. The maximum atomic E-state index is 13.7. The van der Waals surface area contributed by atoms with Crippen molar-refractivity contribution in [1.82, 2.24) is 4.72 Å². The molecule has 90 valence electrons. The minimum absolute atomic E-state index is 0.212. The predicted molar refractivity (Wildman–Crippen MR) is 61.0 cm³/mol. The van der Waals surface area contributed by atoms with Gasteiger partial charge < -0.3 is 5.73 Å². The summed E-state index contributed by atoms with van der Waals surface area (Å²) in [5.41, 5.74) is 5.93. The second-order valence-electron chi connectivity index (χ2n) is 3.93. The average Bonchev–Trinajstić information content (AvgIpc) is 2.08. The molecule has 0 spiro atoms. The summed E-state index contributed by atoms with van der Waals surface area (Å²) in [6, 6.07) is 2.21. The van der Waals surface area contributed by atoms with Crippen LogP contribution in [-0.4, -0.2) is 14.5 Å². The molecule has 0 amide bonds. The van der Waals surface area contributed by atoms with Gasteiger partial charge in [0.2, 0.25) is 10.0 Å². The summed E-state index contributed by atoms with van der Waals surface area (Å²) in [4.78, 5) is -0.404. The summed E-state index contributed by atoms with van der Waals surface area (Å²) in [6.45, 7) is 4.79. The maximum absolute atomic E-state index is 13.7. The molecule has 0 bridgehead atoms. The molecule has 16 heavy (non-hydrogen) atoms. The molecular weight excluding hydrogens is 231 g/mol. The van der Waals surface area contributed by atoms with Crippen LogP contribution in [0.2, 0.25) is 0 Å². The lowest BCUT2D eigenvalue weighted by molar-refractivity contribution is 0.546. The number of anilines is 1. The lowest BCUT2D eigenvalue weighted by Crippen LogP contribution is -2.31. The fraction of sp³-hybridized carbons (Fsp3) is 0.400. The number of aryl methyl sites for hydroxylation is 1. The molecule has 0 aliphatic heterocycles. The molecule has 0 aliphatic rings. The predicted octanol–water partition coefficient (Wildman–Crippen LogP) is 1.40. The van der Waals surface area contributed by atoms with E-state index in [4.69, 9.17) is 5.73 Å². The van der Waals surface area contributed by atoms with Crippen LogP contribution in [0, 0.1) is 12.7 Å². The fourth-order valence-corrected chi connectivity index (χ4v) is 2.77. The van der Waals surface area contributed by atoms with E-state index in [1.165, 1.54) is 13.0 Å². The minimum atomic E-state index is -3.84. The van der Waals surface area contributed by atoms with E-state index in [0.29, 0.717) is 0 Å². The molecule has 4 nitrogen and oxygen atoms in total. The molecule has 0 atom stereocenters. The Morgan fingerprint density at radius 1 is 1.38 bits per heavy atom. The van der Waals surface area contributed by atoms with Gasteiger partial charge in [-0.1, -0.05) is 0 Å². The van der Waals surface area contributed by atoms with E-state index >= 15 is 0 Å². The highest BCUT2D eigenvalue weighted by Gasteiger charge is 2.21. The fourth-order valence-electron chi connectivity index (χ4n) is 1.33. The van der Waals surface area contributed by atoms with Crippen molar-refractivity contribution in [2.24, 2.45) is 0 Å². The molecule has 0 aromatic heterocycles. The normalized spacial score (nSPS) is 12.1. The van der Waals surface area contributed by atoms with E-state index in [2.05, 4.69) is 4.72 Å². The summed E-state index contributed by atoms with van der Waals surface area (Å²) in [5.74, 6) is -0.762. The smallest absolute Gasteiger partial charge is 0.243 e. The zero-order valence-electron chi connectivity index (χ0n) is 9.41. The SMILES string of the molecule is Cc1cc(N)cc(S(=O)(=O)NC(C)C)c1F. The van der Waals surface area contributed by atoms with Crippen molar-refractivity contribution in [3.8, 4) is 0 Å². The summed E-state index contributed by atoms with van der Waals surface area (Å²) in [5, 5.41) is 0. The van der Waals surface area contributed by atoms with Crippen LogP contribution in [-0.2, 0) is 10.0 Å². The number of benzene rings is 1. The van der Waals surface area contributed by atoms with Gasteiger partial charge in [0.15, 0.2) is 0 Å². The van der Waals surface area contributed by atoms with Gasteiger partial charge in [0.1, 0.15) is 10.7 Å². The molecule has 0 saturated carbocycles. The number of hydrogen-bond acceptors (Lipinski definition) is 3. The zero-order valence-corrected chi connectivity index (χ0v) is 10.2. The highest BCUT2D eigenvalue weighted by atomic mass is 32.2. The van der Waals surface area contributed by atoms with E-state index in [9.17, 15) is 12.8 Å². The Labute approximate surface area is 94.7 Å². The standard InChI is InChI=1S/C10H15FN2O2S/c1-6(2)13-16(14,15)9-5-8(12)4-7(3)10(9)11/h4-6,13H,12H2,1-3H3. The topological polar surface area (TPSA) is 72.2 Å². The summed E-state index contributed by atoms with van der Waals surface area (Å²) in [7, 11) is -3.84.